The lowest BCUT2D eigenvalue weighted by molar-refractivity contribution is -0.129. The Balaban J connectivity index is 2.40. The van der Waals surface area contributed by atoms with Gasteiger partial charge in [-0.25, -0.2) is 9.48 Å². The summed E-state index contributed by atoms with van der Waals surface area (Å²) in [6.45, 7) is 0.609. The van der Waals surface area contributed by atoms with Crippen LogP contribution in [0.4, 0.5) is 0 Å². The molecule has 2 rings (SSSR count). The van der Waals surface area contributed by atoms with Crippen LogP contribution in [-0.2, 0) is 11.3 Å². The highest BCUT2D eigenvalue weighted by Gasteiger charge is 2.34. The fourth-order valence-corrected chi connectivity index (χ4v) is 1.95. The van der Waals surface area contributed by atoms with Crippen LogP contribution in [0.15, 0.2) is 0 Å². The Hall–Kier alpha value is -1.96. The molecule has 1 aliphatic heterocycles. The number of likely N-dealkylation sites (tertiary alicyclic amines) is 1. The van der Waals surface area contributed by atoms with Gasteiger partial charge in [-0.15, -0.1) is 5.10 Å². The summed E-state index contributed by atoms with van der Waals surface area (Å²) in [5, 5.41) is 16.2. The van der Waals surface area contributed by atoms with Gasteiger partial charge in [-0.05, 0) is 6.42 Å². The highest BCUT2D eigenvalue weighted by molar-refractivity contribution is 5.87. The molecule has 0 bridgehead atoms. The lowest BCUT2D eigenvalue weighted by Gasteiger charge is -2.12. The Morgan fingerprint density at radius 3 is 2.82 bits per heavy atom. The zero-order valence-corrected chi connectivity index (χ0v) is 9.33. The zero-order valence-electron chi connectivity index (χ0n) is 9.33. The van der Waals surface area contributed by atoms with Gasteiger partial charge >= 0.3 is 5.97 Å². The van der Waals surface area contributed by atoms with Crippen LogP contribution in [0.1, 0.15) is 28.6 Å². The predicted octanol–water partition coefficient (Wildman–Crippen LogP) is -1.16. The third kappa shape index (κ3) is 1.76. The maximum atomic E-state index is 11.8. The van der Waals surface area contributed by atoms with Crippen molar-refractivity contribution in [1.82, 2.24) is 19.9 Å². The monoisotopic (exact) mass is 239 g/mol. The molecule has 1 saturated heterocycles. The lowest BCUT2D eigenvalue weighted by atomic mass is 10.2. The second-order valence-electron chi connectivity index (χ2n) is 3.90. The summed E-state index contributed by atoms with van der Waals surface area (Å²) in [6, 6.07) is -0.487. The maximum absolute atomic E-state index is 11.8. The van der Waals surface area contributed by atoms with Crippen LogP contribution >= 0.6 is 0 Å². The first-order chi connectivity index (χ1) is 8.06. The lowest BCUT2D eigenvalue weighted by Crippen LogP contribution is -2.26. The zero-order chi connectivity index (χ0) is 12.6. The van der Waals surface area contributed by atoms with E-state index in [0.29, 0.717) is 13.0 Å². The van der Waals surface area contributed by atoms with Crippen LogP contribution in [0.3, 0.4) is 0 Å². The molecule has 0 aliphatic carbocycles. The molecule has 2 heterocycles. The van der Waals surface area contributed by atoms with Gasteiger partial charge in [0.2, 0.25) is 5.91 Å². The number of aromatic carboxylic acids is 1. The molecular weight excluding hydrogens is 226 g/mol. The van der Waals surface area contributed by atoms with Gasteiger partial charge in [0, 0.05) is 20.1 Å². The van der Waals surface area contributed by atoms with E-state index in [4.69, 9.17) is 10.8 Å². The summed E-state index contributed by atoms with van der Waals surface area (Å²) in [5.41, 5.74) is 5.59. The molecule has 1 aromatic heterocycles. The van der Waals surface area contributed by atoms with E-state index >= 15 is 0 Å². The molecule has 0 saturated carbocycles. The van der Waals surface area contributed by atoms with E-state index in [1.807, 2.05) is 0 Å². The first-order valence-corrected chi connectivity index (χ1v) is 5.18. The van der Waals surface area contributed by atoms with Crippen molar-refractivity contribution in [3.8, 4) is 0 Å². The van der Waals surface area contributed by atoms with E-state index in [-0.39, 0.29) is 23.8 Å². The molecule has 1 fully saturated rings. The number of carbonyl (C=O) groups is 2. The average Bonchev–Trinajstić information content (AvgIpc) is 2.84. The number of nitrogens with zero attached hydrogens (tertiary/aromatic N) is 4. The maximum Gasteiger partial charge on any atom is 0.358 e. The number of hydrogen-bond donors (Lipinski definition) is 2. The number of nitrogens with two attached hydrogens (primary N) is 1. The molecule has 0 aromatic carbocycles. The average molecular weight is 239 g/mol. The van der Waals surface area contributed by atoms with Crippen LogP contribution in [0.2, 0.25) is 0 Å². The van der Waals surface area contributed by atoms with E-state index in [1.54, 1.807) is 11.9 Å². The number of likely N-dealkylation sites (N-methyl/N-ethyl adjacent to an activating group) is 1. The molecular formula is C9H13N5O3. The highest BCUT2D eigenvalue weighted by Crippen LogP contribution is 2.23. The summed E-state index contributed by atoms with van der Waals surface area (Å²) in [5.74, 6) is -1.28. The van der Waals surface area contributed by atoms with Crippen molar-refractivity contribution < 1.29 is 14.7 Å². The molecule has 92 valence electrons. The van der Waals surface area contributed by atoms with Crippen molar-refractivity contribution in [3.05, 3.63) is 11.4 Å². The number of carboxylic acids is 1. The number of hydrogen-bond acceptors (Lipinski definition) is 5. The minimum absolute atomic E-state index is 0.0118. The summed E-state index contributed by atoms with van der Waals surface area (Å²) < 4.78 is 1.33. The molecule has 1 aliphatic rings. The van der Waals surface area contributed by atoms with Crippen LogP contribution in [0.25, 0.3) is 0 Å². The predicted molar refractivity (Wildman–Crippen MR) is 56.2 cm³/mol. The summed E-state index contributed by atoms with van der Waals surface area (Å²) in [4.78, 5) is 24.3. The van der Waals surface area contributed by atoms with Crippen molar-refractivity contribution in [2.45, 2.75) is 19.0 Å². The van der Waals surface area contributed by atoms with Crippen molar-refractivity contribution in [2.24, 2.45) is 5.73 Å². The third-order valence-electron chi connectivity index (χ3n) is 2.88. The quantitative estimate of drug-likeness (QED) is 0.687. The van der Waals surface area contributed by atoms with Crippen molar-refractivity contribution in [2.75, 3.05) is 13.6 Å². The Bertz CT molecular complexity index is 469. The number of amides is 1. The van der Waals surface area contributed by atoms with E-state index in [9.17, 15) is 9.59 Å². The summed E-state index contributed by atoms with van der Waals surface area (Å²) >= 11 is 0. The van der Waals surface area contributed by atoms with Gasteiger partial charge in [0.25, 0.3) is 0 Å². The van der Waals surface area contributed by atoms with Crippen molar-refractivity contribution in [1.29, 1.82) is 0 Å². The normalized spacial score (nSPS) is 20.0. The van der Waals surface area contributed by atoms with Crippen molar-refractivity contribution in [3.63, 3.8) is 0 Å². The van der Waals surface area contributed by atoms with E-state index in [1.165, 1.54) is 4.68 Å². The molecule has 1 amide bonds. The number of carboxylic acid groups (broad SMARTS) is 1. The molecule has 8 nitrogen and oxygen atoms in total. The van der Waals surface area contributed by atoms with E-state index in [0.717, 1.165) is 0 Å². The van der Waals surface area contributed by atoms with Gasteiger partial charge in [0.15, 0.2) is 5.69 Å². The van der Waals surface area contributed by atoms with Gasteiger partial charge in [-0.2, -0.15) is 0 Å². The molecule has 1 unspecified atom stereocenters. The summed E-state index contributed by atoms with van der Waals surface area (Å²) in [6.07, 6.45) is 0.588. The van der Waals surface area contributed by atoms with Gasteiger partial charge in [-0.3, -0.25) is 4.79 Å². The smallest absolute Gasteiger partial charge is 0.358 e. The Morgan fingerprint density at radius 2 is 2.35 bits per heavy atom. The minimum Gasteiger partial charge on any atom is -0.476 e. The number of aromatic nitrogens is 3. The second kappa shape index (κ2) is 4.13. The van der Waals surface area contributed by atoms with E-state index in [2.05, 4.69) is 10.3 Å². The largest absolute Gasteiger partial charge is 0.476 e. The molecule has 0 spiro atoms. The molecule has 3 N–H and O–H groups in total. The Morgan fingerprint density at radius 1 is 1.65 bits per heavy atom. The van der Waals surface area contributed by atoms with Gasteiger partial charge in [-0.1, -0.05) is 5.21 Å². The SMILES string of the molecule is CN1CCC(n2nnc(C(=O)O)c2CN)C1=O. The van der Waals surface area contributed by atoms with E-state index < -0.39 is 12.0 Å². The third-order valence-corrected chi connectivity index (χ3v) is 2.88. The molecule has 17 heavy (non-hydrogen) atoms. The number of carbonyl (C=O) groups excluding carboxylic acids is 1. The topological polar surface area (TPSA) is 114 Å². The van der Waals surface area contributed by atoms with Gasteiger partial charge in [0.1, 0.15) is 6.04 Å². The van der Waals surface area contributed by atoms with Crippen LogP contribution in [0.5, 0.6) is 0 Å². The number of rotatable bonds is 3. The fourth-order valence-electron chi connectivity index (χ4n) is 1.95. The Labute approximate surface area is 97.0 Å². The fraction of sp³-hybridized carbons (Fsp3) is 0.556. The van der Waals surface area contributed by atoms with Crippen LogP contribution in [-0.4, -0.2) is 50.5 Å². The molecule has 1 atom stereocenters. The van der Waals surface area contributed by atoms with Crippen LogP contribution in [0, 0.1) is 0 Å². The first-order valence-electron chi connectivity index (χ1n) is 5.18. The molecule has 1 aromatic rings. The Kier molecular flexibility index (Phi) is 2.80. The standard InChI is InChI=1S/C9H13N5O3/c1-13-3-2-5(8(13)15)14-6(4-10)7(9(16)17)11-12-14/h5H,2-4,10H2,1H3,(H,16,17). The summed E-state index contributed by atoms with van der Waals surface area (Å²) in [7, 11) is 1.69. The first kappa shape index (κ1) is 11.5. The van der Waals surface area contributed by atoms with Crippen molar-refractivity contribution >= 4 is 11.9 Å². The molecule has 8 heteroatoms. The van der Waals surface area contributed by atoms with Gasteiger partial charge in [0.05, 0.1) is 5.69 Å². The van der Waals surface area contributed by atoms with Gasteiger partial charge < -0.3 is 15.7 Å². The van der Waals surface area contributed by atoms with Crippen LogP contribution < -0.4 is 5.73 Å². The molecule has 0 radical (unpaired) electrons. The second-order valence-corrected chi connectivity index (χ2v) is 3.90. The highest BCUT2D eigenvalue weighted by atomic mass is 16.4. The minimum atomic E-state index is -1.18.